The Hall–Kier alpha value is -3.14. The quantitative estimate of drug-likeness (QED) is 0.553. The summed E-state index contributed by atoms with van der Waals surface area (Å²) in [5.74, 6) is -0.246. The number of anilines is 1. The minimum absolute atomic E-state index is 0.246. The average Bonchev–Trinajstić information content (AvgIpc) is 3.05. The first-order chi connectivity index (χ1) is 11.7. The van der Waals surface area contributed by atoms with E-state index in [9.17, 15) is 4.39 Å². The van der Waals surface area contributed by atoms with Crippen LogP contribution in [0.15, 0.2) is 67.0 Å². The molecule has 0 spiro atoms. The lowest BCUT2D eigenvalue weighted by Crippen LogP contribution is -1.89. The van der Waals surface area contributed by atoms with E-state index in [4.69, 9.17) is 0 Å². The smallest absolute Gasteiger partial charge is 0.133 e. The molecule has 3 nitrogen and oxygen atoms in total. The van der Waals surface area contributed by atoms with Crippen LogP contribution in [0, 0.1) is 5.82 Å². The van der Waals surface area contributed by atoms with Gasteiger partial charge in [0.15, 0.2) is 0 Å². The molecule has 0 unspecified atom stereocenters. The molecule has 0 bridgehead atoms. The van der Waals surface area contributed by atoms with Crippen LogP contribution in [0.4, 0.5) is 10.1 Å². The number of nitrogens with one attached hydrogen (secondary N) is 2. The van der Waals surface area contributed by atoms with E-state index in [1.54, 1.807) is 18.5 Å². The number of benzene rings is 2. The van der Waals surface area contributed by atoms with Gasteiger partial charge in [-0.3, -0.25) is 4.98 Å². The number of aromatic amines is 1. The van der Waals surface area contributed by atoms with Gasteiger partial charge in [-0.05, 0) is 47.5 Å². The number of halogens is 1. The van der Waals surface area contributed by atoms with E-state index in [1.165, 1.54) is 0 Å². The summed E-state index contributed by atoms with van der Waals surface area (Å²) in [7, 11) is 1.87. The van der Waals surface area contributed by atoms with Gasteiger partial charge in [-0.2, -0.15) is 0 Å². The highest BCUT2D eigenvalue weighted by Gasteiger charge is 2.10. The molecule has 0 fully saturated rings. The van der Waals surface area contributed by atoms with Gasteiger partial charge in [-0.25, -0.2) is 4.39 Å². The van der Waals surface area contributed by atoms with E-state index >= 15 is 0 Å². The second-order valence-corrected chi connectivity index (χ2v) is 5.67. The summed E-state index contributed by atoms with van der Waals surface area (Å²) in [4.78, 5) is 7.30. The minimum atomic E-state index is -0.246. The Bertz CT molecular complexity index is 970. The van der Waals surface area contributed by atoms with Crippen LogP contribution in [0.3, 0.4) is 0 Å². The fourth-order valence-electron chi connectivity index (χ4n) is 2.86. The van der Waals surface area contributed by atoms with Crippen molar-refractivity contribution in [3.8, 4) is 22.4 Å². The maximum Gasteiger partial charge on any atom is 0.133 e. The van der Waals surface area contributed by atoms with Crippen LogP contribution in [0.2, 0.25) is 0 Å². The van der Waals surface area contributed by atoms with Gasteiger partial charge in [-0.1, -0.05) is 18.2 Å². The molecule has 0 aliphatic carbocycles. The van der Waals surface area contributed by atoms with Crippen LogP contribution in [0.5, 0.6) is 0 Å². The number of fused-ring (bicyclic) bond motifs is 1. The van der Waals surface area contributed by atoms with Gasteiger partial charge in [0.05, 0.1) is 11.7 Å². The zero-order valence-corrected chi connectivity index (χ0v) is 13.2. The monoisotopic (exact) mass is 317 g/mol. The van der Waals surface area contributed by atoms with Gasteiger partial charge in [0.2, 0.25) is 0 Å². The molecule has 2 N–H and O–H groups in total. The predicted octanol–water partition coefficient (Wildman–Crippen LogP) is 5.08. The summed E-state index contributed by atoms with van der Waals surface area (Å²) in [6.07, 6.45) is 3.47. The second-order valence-electron chi connectivity index (χ2n) is 5.67. The zero-order valence-electron chi connectivity index (χ0n) is 13.2. The lowest BCUT2D eigenvalue weighted by atomic mass is 10.0. The molecule has 0 saturated carbocycles. The molecular formula is C20H16FN3. The van der Waals surface area contributed by atoms with Crippen LogP contribution in [-0.2, 0) is 0 Å². The number of H-pyrrole nitrogens is 1. The molecule has 2 aromatic carbocycles. The highest BCUT2D eigenvalue weighted by molar-refractivity contribution is 5.85. The summed E-state index contributed by atoms with van der Waals surface area (Å²) in [5, 5.41) is 4.10. The Labute approximate surface area is 139 Å². The lowest BCUT2D eigenvalue weighted by Gasteiger charge is -2.07. The molecule has 0 radical (unpaired) electrons. The number of nitrogens with zero attached hydrogens (tertiary/aromatic N) is 1. The van der Waals surface area contributed by atoms with Gasteiger partial charge in [-0.15, -0.1) is 0 Å². The van der Waals surface area contributed by atoms with Crippen molar-refractivity contribution < 1.29 is 4.39 Å². The normalized spacial score (nSPS) is 10.9. The van der Waals surface area contributed by atoms with Gasteiger partial charge in [0.25, 0.3) is 0 Å². The van der Waals surface area contributed by atoms with Crippen LogP contribution >= 0.6 is 0 Å². The second kappa shape index (κ2) is 5.81. The minimum Gasteiger partial charge on any atom is -0.388 e. The van der Waals surface area contributed by atoms with E-state index < -0.39 is 0 Å². The molecule has 0 amide bonds. The number of aromatic nitrogens is 2. The van der Waals surface area contributed by atoms with Crippen molar-refractivity contribution in [1.82, 2.24) is 9.97 Å². The third-order valence-electron chi connectivity index (χ3n) is 4.19. The van der Waals surface area contributed by atoms with Crippen LogP contribution < -0.4 is 5.32 Å². The molecule has 118 valence electrons. The Morgan fingerprint density at radius 3 is 2.46 bits per heavy atom. The summed E-state index contributed by atoms with van der Waals surface area (Å²) in [6, 6.07) is 17.1. The van der Waals surface area contributed by atoms with Gasteiger partial charge < -0.3 is 10.3 Å². The SMILES string of the molecule is CNc1ccc(-c2ccc(-c3cc4ccncc4[nH]3)c(F)c2)cc1. The number of pyridine rings is 1. The van der Waals surface area contributed by atoms with Crippen molar-refractivity contribution in [2.45, 2.75) is 0 Å². The molecule has 0 aliphatic heterocycles. The molecule has 0 saturated heterocycles. The van der Waals surface area contributed by atoms with Gasteiger partial charge in [0.1, 0.15) is 5.82 Å². The van der Waals surface area contributed by atoms with Crippen molar-refractivity contribution >= 4 is 16.6 Å². The maximum absolute atomic E-state index is 14.6. The largest absolute Gasteiger partial charge is 0.388 e. The fourth-order valence-corrected chi connectivity index (χ4v) is 2.86. The third-order valence-corrected chi connectivity index (χ3v) is 4.19. The molecule has 0 aliphatic rings. The van der Waals surface area contributed by atoms with Crippen molar-refractivity contribution in [3.63, 3.8) is 0 Å². The Morgan fingerprint density at radius 2 is 1.75 bits per heavy atom. The van der Waals surface area contributed by atoms with Crippen molar-refractivity contribution in [2.24, 2.45) is 0 Å². The first kappa shape index (κ1) is 14.5. The fraction of sp³-hybridized carbons (Fsp3) is 0.0500. The van der Waals surface area contributed by atoms with E-state index in [-0.39, 0.29) is 5.82 Å². The molecule has 4 aromatic rings. The molecule has 4 heteroatoms. The zero-order chi connectivity index (χ0) is 16.5. The summed E-state index contributed by atoms with van der Waals surface area (Å²) >= 11 is 0. The standard InChI is InChI=1S/C20H16FN3/c1-22-16-5-2-13(3-6-16)14-4-7-17(18(21)10-14)19-11-15-8-9-23-12-20(15)24-19/h2-12,22,24H,1H3. The van der Waals surface area contributed by atoms with Gasteiger partial charge >= 0.3 is 0 Å². The summed E-state index contributed by atoms with van der Waals surface area (Å²) in [5.41, 5.74) is 5.09. The molecule has 4 rings (SSSR count). The molecule has 24 heavy (non-hydrogen) atoms. The molecular weight excluding hydrogens is 301 g/mol. The van der Waals surface area contributed by atoms with Crippen LogP contribution in [0.1, 0.15) is 0 Å². The summed E-state index contributed by atoms with van der Waals surface area (Å²) < 4.78 is 14.6. The maximum atomic E-state index is 14.6. The first-order valence-corrected chi connectivity index (χ1v) is 7.75. The Balaban J connectivity index is 1.73. The Kier molecular flexibility index (Phi) is 3.50. The highest BCUT2D eigenvalue weighted by atomic mass is 19.1. The molecule has 2 heterocycles. The number of hydrogen-bond acceptors (Lipinski definition) is 2. The number of rotatable bonds is 3. The van der Waals surface area contributed by atoms with Crippen LogP contribution in [-0.4, -0.2) is 17.0 Å². The van der Waals surface area contributed by atoms with Crippen LogP contribution in [0.25, 0.3) is 33.3 Å². The predicted molar refractivity (Wildman–Crippen MR) is 96.5 cm³/mol. The summed E-state index contributed by atoms with van der Waals surface area (Å²) in [6.45, 7) is 0. The van der Waals surface area contributed by atoms with Crippen molar-refractivity contribution in [3.05, 3.63) is 72.8 Å². The van der Waals surface area contributed by atoms with E-state index in [0.29, 0.717) is 5.56 Å². The van der Waals surface area contributed by atoms with Gasteiger partial charge in [0, 0.05) is 35.6 Å². The highest BCUT2D eigenvalue weighted by Crippen LogP contribution is 2.30. The lowest BCUT2D eigenvalue weighted by molar-refractivity contribution is 0.631. The molecule has 0 atom stereocenters. The van der Waals surface area contributed by atoms with E-state index in [2.05, 4.69) is 15.3 Å². The third kappa shape index (κ3) is 2.52. The number of hydrogen-bond donors (Lipinski definition) is 2. The van der Waals surface area contributed by atoms with Crippen molar-refractivity contribution in [1.29, 1.82) is 0 Å². The topological polar surface area (TPSA) is 40.7 Å². The first-order valence-electron chi connectivity index (χ1n) is 7.75. The van der Waals surface area contributed by atoms with Crippen molar-refractivity contribution in [2.75, 3.05) is 12.4 Å². The van der Waals surface area contributed by atoms with E-state index in [0.717, 1.165) is 33.4 Å². The Morgan fingerprint density at radius 1 is 0.958 bits per heavy atom. The average molecular weight is 317 g/mol. The molecule has 2 aromatic heterocycles. The van der Waals surface area contributed by atoms with E-state index in [1.807, 2.05) is 55.6 Å².